The molecule has 0 saturated carbocycles. The fourth-order valence-corrected chi connectivity index (χ4v) is 2.19. The Hall–Kier alpha value is -1.33. The fraction of sp³-hybridized carbons (Fsp3) is 0.562. The summed E-state index contributed by atoms with van der Waals surface area (Å²) in [6.45, 7) is 12.0. The van der Waals surface area contributed by atoms with Crippen molar-refractivity contribution >= 4 is 24.2 Å². The van der Waals surface area contributed by atoms with Crippen LogP contribution in [0.3, 0.4) is 0 Å². The summed E-state index contributed by atoms with van der Waals surface area (Å²) in [7, 11) is -0.409. The van der Waals surface area contributed by atoms with E-state index in [-0.39, 0.29) is 17.1 Å². The van der Waals surface area contributed by atoms with Crippen LogP contribution in [0.5, 0.6) is 0 Å². The number of anilines is 1. The Labute approximate surface area is 127 Å². The number of benzene rings is 1. The second-order valence-corrected chi connectivity index (χ2v) is 6.56. The van der Waals surface area contributed by atoms with Crippen molar-refractivity contribution in [1.29, 1.82) is 0 Å². The summed E-state index contributed by atoms with van der Waals surface area (Å²) < 4.78 is 12.2. The number of carbonyl (C=O) groups excluding carboxylic acids is 1. The lowest BCUT2D eigenvalue weighted by atomic mass is 9.76. The van der Waals surface area contributed by atoms with E-state index < -0.39 is 7.12 Å². The molecule has 1 saturated heterocycles. The Morgan fingerprint density at radius 3 is 2.29 bits per heavy atom. The van der Waals surface area contributed by atoms with Crippen LogP contribution in [-0.4, -0.2) is 24.2 Å². The minimum Gasteiger partial charge on any atom is -0.399 e. The third-order valence-corrected chi connectivity index (χ3v) is 4.39. The van der Waals surface area contributed by atoms with Gasteiger partial charge in [-0.2, -0.15) is 0 Å². The molecule has 114 valence electrons. The van der Waals surface area contributed by atoms with Gasteiger partial charge in [0.1, 0.15) is 0 Å². The van der Waals surface area contributed by atoms with E-state index in [9.17, 15) is 4.79 Å². The van der Waals surface area contributed by atoms with Gasteiger partial charge in [0, 0.05) is 12.1 Å². The number of amides is 1. The van der Waals surface area contributed by atoms with Crippen LogP contribution in [0.1, 0.15) is 46.6 Å². The van der Waals surface area contributed by atoms with Gasteiger partial charge in [0.25, 0.3) is 0 Å². The maximum Gasteiger partial charge on any atom is 0.495 e. The summed E-state index contributed by atoms with van der Waals surface area (Å²) in [5.41, 5.74) is 2.09. The van der Waals surface area contributed by atoms with E-state index in [0.717, 1.165) is 16.7 Å². The van der Waals surface area contributed by atoms with Crippen molar-refractivity contribution in [2.75, 3.05) is 5.32 Å². The first-order valence-electron chi connectivity index (χ1n) is 7.42. The van der Waals surface area contributed by atoms with Gasteiger partial charge in [-0.05, 0) is 52.2 Å². The van der Waals surface area contributed by atoms with Crippen molar-refractivity contribution in [3.8, 4) is 0 Å². The second kappa shape index (κ2) is 5.46. The molecule has 1 aliphatic heterocycles. The smallest absolute Gasteiger partial charge is 0.399 e. The lowest BCUT2D eigenvalue weighted by Crippen LogP contribution is -2.41. The van der Waals surface area contributed by atoms with Gasteiger partial charge in [0.05, 0.1) is 11.2 Å². The van der Waals surface area contributed by atoms with Crippen molar-refractivity contribution < 1.29 is 14.1 Å². The van der Waals surface area contributed by atoms with Gasteiger partial charge in [0.15, 0.2) is 0 Å². The quantitative estimate of drug-likeness (QED) is 0.870. The number of aryl methyl sites for hydroxylation is 1. The summed E-state index contributed by atoms with van der Waals surface area (Å²) in [5.74, 6) is -0.00118. The summed E-state index contributed by atoms with van der Waals surface area (Å²) in [6.07, 6.45) is 0.458. The number of rotatable bonds is 3. The SMILES string of the molecule is CCC(=O)Nc1ccc(C)c(B2OC(C)(C)C(C)(C)O2)c1. The Balaban J connectivity index is 2.28. The van der Waals surface area contributed by atoms with Gasteiger partial charge in [-0.1, -0.05) is 18.6 Å². The Kier molecular flexibility index (Phi) is 4.18. The van der Waals surface area contributed by atoms with Crippen molar-refractivity contribution in [3.63, 3.8) is 0 Å². The van der Waals surface area contributed by atoms with Crippen molar-refractivity contribution in [3.05, 3.63) is 23.8 Å². The maximum absolute atomic E-state index is 11.5. The molecule has 1 aromatic rings. The largest absolute Gasteiger partial charge is 0.495 e. The van der Waals surface area contributed by atoms with E-state index in [2.05, 4.69) is 5.32 Å². The minimum absolute atomic E-state index is 0.00118. The molecule has 0 radical (unpaired) electrons. The topological polar surface area (TPSA) is 47.6 Å². The number of hydrogen-bond acceptors (Lipinski definition) is 3. The molecule has 21 heavy (non-hydrogen) atoms. The average molecular weight is 289 g/mol. The molecule has 5 heteroatoms. The molecule has 0 spiro atoms. The molecule has 1 heterocycles. The van der Waals surface area contributed by atoms with Crippen LogP contribution >= 0.6 is 0 Å². The molecule has 0 aromatic heterocycles. The van der Waals surface area contributed by atoms with E-state index in [4.69, 9.17) is 9.31 Å². The molecule has 0 aliphatic carbocycles. The molecule has 2 rings (SSSR count). The minimum atomic E-state index is -0.409. The van der Waals surface area contributed by atoms with Crippen LogP contribution in [-0.2, 0) is 14.1 Å². The first kappa shape index (κ1) is 16.1. The highest BCUT2D eigenvalue weighted by Crippen LogP contribution is 2.36. The Morgan fingerprint density at radius 1 is 1.19 bits per heavy atom. The highest BCUT2D eigenvalue weighted by atomic mass is 16.7. The molecule has 1 aromatic carbocycles. The predicted octanol–water partition coefficient (Wildman–Crippen LogP) is 2.64. The summed E-state index contributed by atoms with van der Waals surface area (Å²) in [4.78, 5) is 11.5. The van der Waals surface area contributed by atoms with Crippen LogP contribution in [0.4, 0.5) is 5.69 Å². The van der Waals surface area contributed by atoms with Crippen molar-refractivity contribution in [1.82, 2.24) is 0 Å². The Bertz CT molecular complexity index is 538. The van der Waals surface area contributed by atoms with E-state index in [1.165, 1.54) is 0 Å². The average Bonchev–Trinajstić information content (AvgIpc) is 2.60. The monoisotopic (exact) mass is 289 g/mol. The Morgan fingerprint density at radius 2 is 1.76 bits per heavy atom. The lowest BCUT2D eigenvalue weighted by molar-refractivity contribution is -0.115. The fourth-order valence-electron chi connectivity index (χ4n) is 2.19. The number of carbonyl (C=O) groups is 1. The second-order valence-electron chi connectivity index (χ2n) is 6.56. The van der Waals surface area contributed by atoms with Crippen molar-refractivity contribution in [2.24, 2.45) is 0 Å². The molecule has 1 aliphatic rings. The predicted molar refractivity (Wildman–Crippen MR) is 85.8 cm³/mol. The third-order valence-electron chi connectivity index (χ3n) is 4.39. The van der Waals surface area contributed by atoms with Gasteiger partial charge < -0.3 is 14.6 Å². The zero-order valence-corrected chi connectivity index (χ0v) is 13.7. The highest BCUT2D eigenvalue weighted by molar-refractivity contribution is 6.62. The number of hydrogen-bond donors (Lipinski definition) is 1. The van der Waals surface area contributed by atoms with Crippen LogP contribution in [0.2, 0.25) is 0 Å². The van der Waals surface area contributed by atoms with Gasteiger partial charge >= 0.3 is 7.12 Å². The standard InChI is InChI=1S/C16H24BNO3/c1-7-14(19)18-12-9-8-11(2)13(10-12)17-20-15(3,4)16(5,6)21-17/h8-10H,7H2,1-6H3,(H,18,19). The molecule has 4 nitrogen and oxygen atoms in total. The molecule has 1 N–H and O–H groups in total. The lowest BCUT2D eigenvalue weighted by Gasteiger charge is -2.32. The van der Waals surface area contributed by atoms with E-state index in [0.29, 0.717) is 6.42 Å². The molecule has 1 fully saturated rings. The van der Waals surface area contributed by atoms with Gasteiger partial charge in [-0.15, -0.1) is 0 Å². The molecule has 0 atom stereocenters. The van der Waals surface area contributed by atoms with Crippen LogP contribution < -0.4 is 10.8 Å². The van der Waals surface area contributed by atoms with Gasteiger partial charge in [-0.3, -0.25) is 4.79 Å². The zero-order chi connectivity index (χ0) is 15.8. The first-order valence-corrected chi connectivity index (χ1v) is 7.42. The number of nitrogens with one attached hydrogen (secondary N) is 1. The molecule has 1 amide bonds. The molecular weight excluding hydrogens is 265 g/mol. The van der Waals surface area contributed by atoms with E-state index in [1.807, 2.05) is 59.7 Å². The molecule has 0 bridgehead atoms. The summed E-state index contributed by atoms with van der Waals surface area (Å²) in [5, 5.41) is 2.87. The van der Waals surface area contributed by atoms with Crippen LogP contribution in [0.15, 0.2) is 18.2 Å². The van der Waals surface area contributed by atoms with Crippen molar-refractivity contribution in [2.45, 2.75) is 59.2 Å². The van der Waals surface area contributed by atoms with Crippen LogP contribution in [0.25, 0.3) is 0 Å². The van der Waals surface area contributed by atoms with Gasteiger partial charge in [0.2, 0.25) is 5.91 Å². The van der Waals surface area contributed by atoms with Gasteiger partial charge in [-0.25, -0.2) is 0 Å². The summed E-state index contributed by atoms with van der Waals surface area (Å²) in [6, 6.07) is 5.81. The normalized spacial score (nSPS) is 19.6. The third kappa shape index (κ3) is 3.14. The molecule has 0 unspecified atom stereocenters. The summed E-state index contributed by atoms with van der Waals surface area (Å²) >= 11 is 0. The zero-order valence-electron chi connectivity index (χ0n) is 13.7. The maximum atomic E-state index is 11.5. The highest BCUT2D eigenvalue weighted by Gasteiger charge is 2.52. The first-order chi connectivity index (χ1) is 9.66. The van der Waals surface area contributed by atoms with E-state index in [1.54, 1.807) is 0 Å². The van der Waals surface area contributed by atoms with Crippen LogP contribution in [0, 0.1) is 6.92 Å². The van der Waals surface area contributed by atoms with E-state index >= 15 is 0 Å². The molecular formula is C16H24BNO3.